The third-order valence-corrected chi connectivity index (χ3v) is 2.95. The summed E-state index contributed by atoms with van der Waals surface area (Å²) in [7, 11) is 1.52. The monoisotopic (exact) mass is 202 g/mol. The molecule has 0 aliphatic carbocycles. The topological polar surface area (TPSA) is 34.7 Å². The highest BCUT2D eigenvalue weighted by Gasteiger charge is 2.10. The lowest BCUT2D eigenvalue weighted by atomic mass is 9.84. The Kier molecular flexibility index (Phi) is 5.98. The molecule has 0 aliphatic rings. The summed E-state index contributed by atoms with van der Waals surface area (Å²) in [5.74, 6) is 0.637. The van der Waals surface area contributed by atoms with Crippen molar-refractivity contribution in [2.45, 2.75) is 31.4 Å². The van der Waals surface area contributed by atoms with E-state index >= 15 is 0 Å². The van der Waals surface area contributed by atoms with E-state index in [1.807, 2.05) is 0 Å². The molecule has 0 aliphatic heterocycles. The summed E-state index contributed by atoms with van der Waals surface area (Å²) in [6, 6.07) is 0. The van der Waals surface area contributed by atoms with Gasteiger partial charge in [-0.2, -0.15) is 0 Å². The first-order valence-electron chi connectivity index (χ1n) is 3.52. The minimum atomic E-state index is 0.438. The molecule has 0 saturated carbocycles. The molecule has 2 nitrogen and oxygen atoms in total. The van der Waals surface area contributed by atoms with Gasteiger partial charge in [0.1, 0.15) is 0 Å². The smallest absolute Gasteiger partial charge is 0.243 e. The molecule has 4 heteroatoms. The fraction of sp³-hybridized carbons (Fsp3) is 1.00. The lowest BCUT2D eigenvalue weighted by Crippen LogP contribution is -2.10. The van der Waals surface area contributed by atoms with Gasteiger partial charge in [0.05, 0.1) is 0 Å². The first kappa shape index (κ1) is 10.1. The molecule has 0 fully saturated rings. The van der Waals surface area contributed by atoms with Crippen LogP contribution in [0, 0.1) is 5.92 Å². The highest BCUT2D eigenvalue weighted by Crippen LogP contribution is 2.19. The van der Waals surface area contributed by atoms with E-state index in [-0.39, 0.29) is 0 Å². The van der Waals surface area contributed by atoms with Crippen molar-refractivity contribution in [2.24, 2.45) is 10.9 Å². The third-order valence-electron chi connectivity index (χ3n) is 1.67. The Balaban J connectivity index is 3.40. The molecule has 2 atom stereocenters. The van der Waals surface area contributed by atoms with Gasteiger partial charge in [-0.05, 0) is 12.2 Å². The second kappa shape index (κ2) is 5.89. The zero-order valence-electron chi connectivity index (χ0n) is 6.42. The summed E-state index contributed by atoms with van der Waals surface area (Å²) < 4.78 is 0. The van der Waals surface area contributed by atoms with E-state index in [0.717, 1.165) is 12.7 Å². The van der Waals surface area contributed by atoms with E-state index in [2.05, 4.69) is 34.8 Å². The van der Waals surface area contributed by atoms with Crippen molar-refractivity contribution in [3.05, 3.63) is 5.53 Å². The second-order valence-corrected chi connectivity index (χ2v) is 3.61. The molecule has 1 radical (unpaired) electrons. The molecule has 0 aromatic rings. The number of hydrogen-bond acceptors (Lipinski definition) is 1. The molecule has 2 unspecified atom stereocenters. The predicted octanol–water partition coefficient (Wildman–Crippen LogP) is 2.86. The van der Waals surface area contributed by atoms with Gasteiger partial charge < -0.3 is 10.6 Å². The molecule has 0 rings (SSSR count). The van der Waals surface area contributed by atoms with Crippen LogP contribution in [0.2, 0.25) is 6.32 Å². The summed E-state index contributed by atoms with van der Waals surface area (Å²) in [5, 5.41) is 2.94. The number of halogens is 1. The second-order valence-electron chi connectivity index (χ2n) is 2.44. The molecule has 0 bridgehead atoms. The Morgan fingerprint density at radius 1 is 1.70 bits per heavy atom. The molecule has 0 aromatic carbocycles. The van der Waals surface area contributed by atoms with E-state index in [9.17, 15) is 0 Å². The van der Waals surface area contributed by atoms with Crippen LogP contribution in [-0.4, -0.2) is 12.2 Å². The SMILES string of the molecule is CCC(C)C(Br)C[B]N=[N-]. The Bertz CT molecular complexity index is 99.7. The Morgan fingerprint density at radius 3 is 2.70 bits per heavy atom. The number of nitrogens with zero attached hydrogens (tertiary/aromatic N) is 2. The summed E-state index contributed by atoms with van der Waals surface area (Å²) in [6.45, 7) is 4.32. The lowest BCUT2D eigenvalue weighted by Gasteiger charge is -2.14. The highest BCUT2D eigenvalue weighted by molar-refractivity contribution is 9.09. The van der Waals surface area contributed by atoms with Gasteiger partial charge in [-0.25, -0.2) is 0 Å². The zero-order chi connectivity index (χ0) is 7.98. The van der Waals surface area contributed by atoms with E-state index in [1.54, 1.807) is 0 Å². The molecule has 0 spiro atoms. The quantitative estimate of drug-likeness (QED) is 0.374. The average molecular weight is 203 g/mol. The molecule has 57 valence electrons. The van der Waals surface area contributed by atoms with Crippen molar-refractivity contribution in [2.75, 3.05) is 0 Å². The van der Waals surface area contributed by atoms with Gasteiger partial charge in [0, 0.05) is 4.83 Å². The number of rotatable bonds is 5. The standard InChI is InChI=1S/C6H12BBrN2/c1-3-5(2)6(8)4-7-10-9/h5-6H,3-4H2,1-2H3/q-1. The molecular weight excluding hydrogens is 191 g/mol. The van der Waals surface area contributed by atoms with E-state index in [1.165, 1.54) is 7.41 Å². The lowest BCUT2D eigenvalue weighted by molar-refractivity contribution is 0.563. The average Bonchev–Trinajstić information content (AvgIpc) is 1.98. The molecular formula is C6H12BBrN2-. The summed E-state index contributed by atoms with van der Waals surface area (Å²) in [5.41, 5.74) is 8.12. The van der Waals surface area contributed by atoms with Gasteiger partial charge in [0.15, 0.2) is 0 Å². The summed E-state index contributed by atoms with van der Waals surface area (Å²) >= 11 is 3.50. The van der Waals surface area contributed by atoms with Crippen LogP contribution in [0.3, 0.4) is 0 Å². The van der Waals surface area contributed by atoms with Crippen molar-refractivity contribution in [3.63, 3.8) is 0 Å². The van der Waals surface area contributed by atoms with Crippen molar-refractivity contribution in [1.29, 1.82) is 0 Å². The Labute approximate surface area is 71.7 Å². The molecule has 0 amide bonds. The summed E-state index contributed by atoms with van der Waals surface area (Å²) in [4.78, 5) is 0.438. The summed E-state index contributed by atoms with van der Waals surface area (Å²) in [6.07, 6.45) is 1.95. The van der Waals surface area contributed by atoms with Crippen molar-refractivity contribution in [1.82, 2.24) is 0 Å². The molecule has 0 saturated heterocycles. The van der Waals surface area contributed by atoms with Crippen LogP contribution < -0.4 is 0 Å². The Morgan fingerprint density at radius 2 is 2.30 bits per heavy atom. The fourth-order valence-electron chi connectivity index (χ4n) is 0.636. The van der Waals surface area contributed by atoms with Gasteiger partial charge in [0.2, 0.25) is 7.41 Å². The maximum atomic E-state index is 8.12. The van der Waals surface area contributed by atoms with E-state index in [4.69, 9.17) is 5.53 Å². The largest absolute Gasteiger partial charge is 0.728 e. The van der Waals surface area contributed by atoms with Crippen LogP contribution in [0.15, 0.2) is 5.03 Å². The maximum Gasteiger partial charge on any atom is 0.243 e. The number of alkyl halides is 1. The van der Waals surface area contributed by atoms with E-state index < -0.39 is 0 Å². The first-order chi connectivity index (χ1) is 4.72. The molecule has 0 heterocycles. The van der Waals surface area contributed by atoms with Crippen molar-refractivity contribution < 1.29 is 0 Å². The van der Waals surface area contributed by atoms with Gasteiger partial charge >= 0.3 is 0 Å². The first-order valence-corrected chi connectivity index (χ1v) is 4.43. The van der Waals surface area contributed by atoms with Gasteiger partial charge in [-0.15, -0.1) is 0 Å². The molecule has 0 N–H and O–H groups in total. The molecule has 10 heavy (non-hydrogen) atoms. The maximum absolute atomic E-state index is 8.12. The Hall–Kier alpha value is 0.145. The van der Waals surface area contributed by atoms with Crippen LogP contribution in [0.4, 0.5) is 0 Å². The number of hydrogen-bond donors (Lipinski definition) is 0. The van der Waals surface area contributed by atoms with Gasteiger partial charge in [-0.1, -0.05) is 36.2 Å². The molecule has 0 aromatic heterocycles. The minimum absolute atomic E-state index is 0.438. The van der Waals surface area contributed by atoms with Crippen LogP contribution in [0.5, 0.6) is 0 Å². The van der Waals surface area contributed by atoms with Crippen molar-refractivity contribution in [3.8, 4) is 0 Å². The normalized spacial score (nSPS) is 15.9. The van der Waals surface area contributed by atoms with Crippen LogP contribution in [-0.2, 0) is 0 Å². The third kappa shape index (κ3) is 4.04. The van der Waals surface area contributed by atoms with Crippen molar-refractivity contribution >= 4 is 23.3 Å². The van der Waals surface area contributed by atoms with Gasteiger partial charge in [0.25, 0.3) is 0 Å². The highest BCUT2D eigenvalue weighted by atomic mass is 79.9. The van der Waals surface area contributed by atoms with E-state index in [0.29, 0.717) is 10.7 Å². The fourth-order valence-corrected chi connectivity index (χ4v) is 1.18. The van der Waals surface area contributed by atoms with Gasteiger partial charge in [-0.3, -0.25) is 0 Å². The zero-order valence-corrected chi connectivity index (χ0v) is 8.00. The van der Waals surface area contributed by atoms with Crippen LogP contribution in [0.1, 0.15) is 20.3 Å². The van der Waals surface area contributed by atoms with Crippen LogP contribution >= 0.6 is 15.9 Å². The predicted molar refractivity (Wildman–Crippen MR) is 48.5 cm³/mol. The minimum Gasteiger partial charge on any atom is -0.728 e. The van der Waals surface area contributed by atoms with Crippen LogP contribution in [0.25, 0.3) is 5.53 Å².